The van der Waals surface area contributed by atoms with Crippen LogP contribution in [0.15, 0.2) is 66.7 Å². The number of carbonyl (C=O) groups excluding carboxylic acids is 2. The highest BCUT2D eigenvalue weighted by Crippen LogP contribution is 2.29. The van der Waals surface area contributed by atoms with Gasteiger partial charge in [-0.05, 0) is 60.7 Å². The summed E-state index contributed by atoms with van der Waals surface area (Å²) in [4.78, 5) is 24.1. The van der Waals surface area contributed by atoms with Crippen LogP contribution in [0, 0.1) is 0 Å². The highest BCUT2D eigenvalue weighted by molar-refractivity contribution is 7.92. The molecule has 3 aromatic carbocycles. The summed E-state index contributed by atoms with van der Waals surface area (Å²) < 4.78 is 30.7. The van der Waals surface area contributed by atoms with Crippen LogP contribution in [-0.2, 0) is 21.3 Å². The Bertz CT molecular complexity index is 1260. The van der Waals surface area contributed by atoms with Crippen LogP contribution in [0.3, 0.4) is 0 Å². The van der Waals surface area contributed by atoms with Gasteiger partial charge in [-0.25, -0.2) is 13.2 Å². The standard InChI is InChI=1S/C23H20Cl2N2O5S/c1-32-23(29)16-6-10-17(11-7-16)26-22(28)15-8-12-18(13-9-15)27(33(2,30)31)14-19-20(24)4-3-5-21(19)25/h3-13H,14H2,1-2H3,(H,26,28). The van der Waals surface area contributed by atoms with Crippen LogP contribution in [-0.4, -0.2) is 33.7 Å². The number of hydrogen-bond donors (Lipinski definition) is 1. The van der Waals surface area contributed by atoms with Crippen LogP contribution >= 0.6 is 23.2 Å². The number of hydrogen-bond acceptors (Lipinski definition) is 5. The highest BCUT2D eigenvalue weighted by atomic mass is 35.5. The largest absolute Gasteiger partial charge is 0.465 e. The summed E-state index contributed by atoms with van der Waals surface area (Å²) in [5.74, 6) is -0.871. The third-order valence-electron chi connectivity index (χ3n) is 4.75. The number of sulfonamides is 1. The molecule has 0 aliphatic rings. The van der Waals surface area contributed by atoms with Gasteiger partial charge in [0.25, 0.3) is 5.91 Å². The SMILES string of the molecule is COC(=O)c1ccc(NC(=O)c2ccc(N(Cc3c(Cl)cccc3Cl)S(C)(=O)=O)cc2)cc1. The Kier molecular flexibility index (Phi) is 7.63. The molecule has 0 saturated carbocycles. The monoisotopic (exact) mass is 506 g/mol. The average molecular weight is 507 g/mol. The number of anilines is 2. The number of halogens is 2. The number of rotatable bonds is 7. The van der Waals surface area contributed by atoms with E-state index in [0.29, 0.717) is 38.1 Å². The lowest BCUT2D eigenvalue weighted by molar-refractivity contribution is 0.0600. The number of nitrogens with one attached hydrogen (secondary N) is 1. The van der Waals surface area contributed by atoms with E-state index >= 15 is 0 Å². The zero-order chi connectivity index (χ0) is 24.2. The number of benzene rings is 3. The van der Waals surface area contributed by atoms with Crippen LogP contribution in [0.4, 0.5) is 11.4 Å². The topological polar surface area (TPSA) is 92.8 Å². The number of ether oxygens (including phenoxy) is 1. The predicted octanol–water partition coefficient (Wildman–Crippen LogP) is 5.00. The fraction of sp³-hybridized carbons (Fsp3) is 0.130. The van der Waals surface area contributed by atoms with Crippen molar-refractivity contribution in [2.75, 3.05) is 23.0 Å². The summed E-state index contributed by atoms with van der Waals surface area (Å²) in [7, 11) is -2.38. The van der Waals surface area contributed by atoms with Gasteiger partial charge >= 0.3 is 5.97 Å². The molecule has 7 nitrogen and oxygen atoms in total. The highest BCUT2D eigenvalue weighted by Gasteiger charge is 2.21. The number of methoxy groups -OCH3 is 1. The molecule has 33 heavy (non-hydrogen) atoms. The summed E-state index contributed by atoms with van der Waals surface area (Å²) in [5.41, 5.74) is 2.00. The summed E-state index contributed by atoms with van der Waals surface area (Å²) in [6.07, 6.45) is 1.08. The quantitative estimate of drug-likeness (QED) is 0.455. The molecule has 3 rings (SSSR count). The second-order valence-electron chi connectivity index (χ2n) is 7.04. The number of nitrogens with zero attached hydrogens (tertiary/aromatic N) is 1. The lowest BCUT2D eigenvalue weighted by Gasteiger charge is -2.23. The van der Waals surface area contributed by atoms with Crippen molar-refractivity contribution in [3.8, 4) is 0 Å². The second-order valence-corrected chi connectivity index (χ2v) is 9.76. The van der Waals surface area contributed by atoms with Crippen LogP contribution in [0.2, 0.25) is 10.0 Å². The lowest BCUT2D eigenvalue weighted by atomic mass is 10.1. The van der Waals surface area contributed by atoms with Crippen molar-refractivity contribution in [1.82, 2.24) is 0 Å². The van der Waals surface area contributed by atoms with Crippen LogP contribution in [0.5, 0.6) is 0 Å². The molecule has 1 amide bonds. The molecule has 0 saturated heterocycles. The van der Waals surface area contributed by atoms with Gasteiger partial charge in [0, 0.05) is 26.9 Å². The minimum Gasteiger partial charge on any atom is -0.465 e. The zero-order valence-corrected chi connectivity index (χ0v) is 20.0. The molecule has 0 aliphatic heterocycles. The van der Waals surface area contributed by atoms with Crippen molar-refractivity contribution in [3.05, 3.63) is 93.5 Å². The number of carbonyl (C=O) groups is 2. The molecule has 0 bridgehead atoms. The van der Waals surface area contributed by atoms with Crippen molar-refractivity contribution in [1.29, 1.82) is 0 Å². The maximum absolute atomic E-state index is 12.6. The number of esters is 1. The third kappa shape index (κ3) is 6.04. The van der Waals surface area contributed by atoms with E-state index < -0.39 is 21.9 Å². The molecule has 0 atom stereocenters. The Balaban J connectivity index is 1.79. The molecule has 0 radical (unpaired) electrons. The van der Waals surface area contributed by atoms with Crippen molar-refractivity contribution in [2.45, 2.75) is 6.54 Å². The molecule has 3 aromatic rings. The normalized spacial score (nSPS) is 11.0. The molecular weight excluding hydrogens is 487 g/mol. The molecule has 1 N–H and O–H groups in total. The Morgan fingerprint density at radius 1 is 0.909 bits per heavy atom. The van der Waals surface area contributed by atoms with Gasteiger partial charge in [0.05, 0.1) is 31.2 Å². The fourth-order valence-electron chi connectivity index (χ4n) is 3.02. The van der Waals surface area contributed by atoms with E-state index in [4.69, 9.17) is 23.2 Å². The molecule has 0 unspecified atom stereocenters. The summed E-state index contributed by atoms with van der Waals surface area (Å²) in [5, 5.41) is 3.42. The summed E-state index contributed by atoms with van der Waals surface area (Å²) in [6.45, 7) is -0.0601. The van der Waals surface area contributed by atoms with Gasteiger partial charge < -0.3 is 10.1 Å². The fourth-order valence-corrected chi connectivity index (χ4v) is 4.40. The van der Waals surface area contributed by atoms with Gasteiger partial charge in [-0.2, -0.15) is 0 Å². The molecule has 0 aromatic heterocycles. The van der Waals surface area contributed by atoms with Crippen LogP contribution < -0.4 is 9.62 Å². The van der Waals surface area contributed by atoms with E-state index in [0.717, 1.165) is 10.6 Å². The van der Waals surface area contributed by atoms with Gasteiger partial charge in [0.15, 0.2) is 0 Å². The molecule has 172 valence electrons. The first-order valence-corrected chi connectivity index (χ1v) is 12.2. The van der Waals surface area contributed by atoms with E-state index in [1.54, 1.807) is 30.3 Å². The Labute approximate surface area is 201 Å². The molecule has 0 fully saturated rings. The van der Waals surface area contributed by atoms with Gasteiger partial charge in [0.1, 0.15) is 0 Å². The summed E-state index contributed by atoms with van der Waals surface area (Å²) >= 11 is 12.4. The maximum atomic E-state index is 12.6. The molecule has 0 heterocycles. The van der Waals surface area contributed by atoms with Crippen molar-refractivity contribution >= 4 is 56.5 Å². The van der Waals surface area contributed by atoms with Crippen molar-refractivity contribution < 1.29 is 22.7 Å². The van der Waals surface area contributed by atoms with Gasteiger partial charge in [-0.15, -0.1) is 0 Å². The first-order chi connectivity index (χ1) is 15.6. The Hall–Kier alpha value is -3.07. The molecule has 0 aliphatic carbocycles. The first-order valence-electron chi connectivity index (χ1n) is 9.60. The van der Waals surface area contributed by atoms with Gasteiger partial charge in [-0.1, -0.05) is 29.3 Å². The van der Waals surface area contributed by atoms with E-state index in [1.807, 2.05) is 0 Å². The van der Waals surface area contributed by atoms with E-state index in [-0.39, 0.29) is 6.54 Å². The summed E-state index contributed by atoms with van der Waals surface area (Å²) in [6, 6.07) is 17.3. The lowest BCUT2D eigenvalue weighted by Crippen LogP contribution is -2.29. The van der Waals surface area contributed by atoms with Crippen molar-refractivity contribution in [3.63, 3.8) is 0 Å². The van der Waals surface area contributed by atoms with Crippen LogP contribution in [0.1, 0.15) is 26.3 Å². The maximum Gasteiger partial charge on any atom is 0.337 e. The van der Waals surface area contributed by atoms with Gasteiger partial charge in [-0.3, -0.25) is 9.10 Å². The first kappa shape index (κ1) is 24.6. The zero-order valence-electron chi connectivity index (χ0n) is 17.7. The Morgan fingerprint density at radius 2 is 1.45 bits per heavy atom. The number of amides is 1. The average Bonchev–Trinajstić information content (AvgIpc) is 2.78. The van der Waals surface area contributed by atoms with E-state index in [9.17, 15) is 18.0 Å². The molecular formula is C23H20Cl2N2O5S. The van der Waals surface area contributed by atoms with E-state index in [2.05, 4.69) is 10.1 Å². The minimum absolute atomic E-state index is 0.0601. The van der Waals surface area contributed by atoms with Crippen LogP contribution in [0.25, 0.3) is 0 Å². The van der Waals surface area contributed by atoms with Gasteiger partial charge in [0.2, 0.25) is 10.0 Å². The third-order valence-corrected chi connectivity index (χ3v) is 6.59. The molecule has 10 heteroatoms. The minimum atomic E-state index is -3.67. The smallest absolute Gasteiger partial charge is 0.337 e. The van der Waals surface area contributed by atoms with Crippen molar-refractivity contribution in [2.24, 2.45) is 0 Å². The molecule has 0 spiro atoms. The second kappa shape index (κ2) is 10.2. The Morgan fingerprint density at radius 3 is 1.97 bits per heavy atom. The predicted molar refractivity (Wildman–Crippen MR) is 130 cm³/mol. The van der Waals surface area contributed by atoms with E-state index in [1.165, 1.54) is 43.5 Å².